The van der Waals surface area contributed by atoms with Crippen LogP contribution in [-0.2, 0) is 0 Å². The van der Waals surface area contributed by atoms with E-state index >= 15 is 4.39 Å². The number of methoxy groups -OCH3 is 1. The molecule has 190 valence electrons. The standard InChI is InChI=1S/C28H34FN5O2/c1-4-28(2)12-6-5-7-21(16-28)34(20-8-9-20)25-11-10-23(31-32-25)27-22(29)13-18(14-24(27)35)19-15-26(36-3)33-30-17-19/h10-11,13-15,17,20-21,35H,4-9,12,16H2,1-3H3/t21-,28+/m0/s1. The Bertz CT molecular complexity index is 1190. The monoisotopic (exact) mass is 491 g/mol. The number of phenolic OH excluding ortho intramolecular Hbond substituents is 1. The number of aromatic nitrogens is 4. The molecule has 0 radical (unpaired) electrons. The van der Waals surface area contributed by atoms with Crippen LogP contribution < -0.4 is 9.64 Å². The topological polar surface area (TPSA) is 84.3 Å². The van der Waals surface area contributed by atoms with Crippen LogP contribution in [-0.4, -0.2) is 44.7 Å². The minimum Gasteiger partial charge on any atom is -0.507 e. The molecule has 3 aromatic rings. The summed E-state index contributed by atoms with van der Waals surface area (Å²) in [5.74, 6) is 0.373. The van der Waals surface area contributed by atoms with Gasteiger partial charge in [-0.25, -0.2) is 4.39 Å². The maximum atomic E-state index is 15.2. The molecule has 0 aliphatic heterocycles. The Kier molecular flexibility index (Phi) is 6.77. The van der Waals surface area contributed by atoms with Gasteiger partial charge < -0.3 is 14.7 Å². The molecule has 7 nitrogen and oxygen atoms in total. The number of phenols is 1. The average molecular weight is 492 g/mol. The zero-order valence-corrected chi connectivity index (χ0v) is 21.2. The van der Waals surface area contributed by atoms with Gasteiger partial charge in [0.05, 0.1) is 24.6 Å². The number of ether oxygens (including phenoxy) is 1. The maximum Gasteiger partial charge on any atom is 0.233 e. The summed E-state index contributed by atoms with van der Waals surface area (Å²) >= 11 is 0. The van der Waals surface area contributed by atoms with Gasteiger partial charge in [0.1, 0.15) is 11.6 Å². The van der Waals surface area contributed by atoms with Crippen molar-refractivity contribution in [2.45, 2.75) is 77.3 Å². The average Bonchev–Trinajstić information content (AvgIpc) is 3.73. The minimum absolute atomic E-state index is 0.0396. The molecule has 1 N–H and O–H groups in total. The highest BCUT2D eigenvalue weighted by Crippen LogP contribution is 2.43. The lowest BCUT2D eigenvalue weighted by atomic mass is 9.79. The molecule has 0 saturated heterocycles. The fourth-order valence-corrected chi connectivity index (χ4v) is 5.50. The van der Waals surface area contributed by atoms with Gasteiger partial charge >= 0.3 is 0 Å². The highest BCUT2D eigenvalue weighted by molar-refractivity contribution is 5.75. The Labute approximate surface area is 211 Å². The Morgan fingerprint density at radius 1 is 1.06 bits per heavy atom. The quantitative estimate of drug-likeness (QED) is 0.396. The Morgan fingerprint density at radius 2 is 1.89 bits per heavy atom. The van der Waals surface area contributed by atoms with E-state index in [0.29, 0.717) is 40.2 Å². The molecule has 2 fully saturated rings. The summed E-state index contributed by atoms with van der Waals surface area (Å²) in [6.07, 6.45) is 11.1. The van der Waals surface area contributed by atoms with Crippen LogP contribution in [0.2, 0.25) is 0 Å². The van der Waals surface area contributed by atoms with Crippen molar-refractivity contribution in [2.24, 2.45) is 5.41 Å². The van der Waals surface area contributed by atoms with Crippen LogP contribution in [0.25, 0.3) is 22.4 Å². The SMILES string of the molecule is CC[C@]1(C)CCCC[C@H](N(c2ccc(-c3c(O)cc(-c4cnnc(OC)c4)cc3F)nn2)C2CC2)C1. The molecule has 0 bridgehead atoms. The van der Waals surface area contributed by atoms with Crippen LogP contribution in [0.5, 0.6) is 11.6 Å². The van der Waals surface area contributed by atoms with Crippen LogP contribution in [0.15, 0.2) is 36.5 Å². The van der Waals surface area contributed by atoms with Gasteiger partial charge in [0.15, 0.2) is 5.82 Å². The number of nitrogens with zero attached hydrogens (tertiary/aromatic N) is 5. The minimum atomic E-state index is -0.579. The molecule has 2 saturated carbocycles. The molecule has 0 unspecified atom stereocenters. The molecule has 2 aliphatic rings. The Hall–Kier alpha value is -3.29. The second-order valence-electron chi connectivity index (χ2n) is 10.5. The summed E-state index contributed by atoms with van der Waals surface area (Å²) in [7, 11) is 1.49. The molecule has 0 spiro atoms. The number of benzene rings is 1. The second kappa shape index (κ2) is 9.99. The van der Waals surface area contributed by atoms with E-state index in [1.165, 1.54) is 70.4 Å². The molecule has 2 aliphatic carbocycles. The van der Waals surface area contributed by atoms with E-state index in [-0.39, 0.29) is 11.3 Å². The van der Waals surface area contributed by atoms with E-state index in [1.807, 2.05) is 6.07 Å². The van der Waals surface area contributed by atoms with Crippen LogP contribution >= 0.6 is 0 Å². The van der Waals surface area contributed by atoms with Gasteiger partial charge in [-0.1, -0.05) is 33.1 Å². The van der Waals surface area contributed by atoms with Gasteiger partial charge in [-0.2, -0.15) is 5.10 Å². The predicted octanol–water partition coefficient (Wildman–Crippen LogP) is 6.17. The zero-order valence-electron chi connectivity index (χ0n) is 21.2. The molecule has 1 aromatic carbocycles. The van der Waals surface area contributed by atoms with Gasteiger partial charge in [0.2, 0.25) is 5.88 Å². The first-order valence-electron chi connectivity index (χ1n) is 12.9. The maximum absolute atomic E-state index is 15.2. The van der Waals surface area contributed by atoms with Gasteiger partial charge in [-0.3, -0.25) is 0 Å². The smallest absolute Gasteiger partial charge is 0.233 e. The molecular weight excluding hydrogens is 457 g/mol. The van der Waals surface area contributed by atoms with Crippen molar-refractivity contribution in [3.8, 4) is 34.0 Å². The number of rotatable bonds is 7. The third-order valence-corrected chi connectivity index (χ3v) is 7.90. The number of anilines is 1. The third kappa shape index (κ3) is 4.99. The van der Waals surface area contributed by atoms with Crippen molar-refractivity contribution >= 4 is 5.82 Å². The van der Waals surface area contributed by atoms with Gasteiger partial charge in [0, 0.05) is 23.7 Å². The van der Waals surface area contributed by atoms with E-state index in [2.05, 4.69) is 39.1 Å². The summed E-state index contributed by atoms with van der Waals surface area (Å²) in [6.45, 7) is 4.71. The van der Waals surface area contributed by atoms with Gasteiger partial charge in [0.25, 0.3) is 0 Å². The Balaban J connectivity index is 1.42. The third-order valence-electron chi connectivity index (χ3n) is 7.90. The number of hydrogen-bond acceptors (Lipinski definition) is 7. The molecule has 2 aromatic heterocycles. The summed E-state index contributed by atoms with van der Waals surface area (Å²) in [5.41, 5.74) is 1.76. The van der Waals surface area contributed by atoms with E-state index in [4.69, 9.17) is 4.74 Å². The van der Waals surface area contributed by atoms with E-state index in [0.717, 1.165) is 12.2 Å². The number of halogens is 1. The summed E-state index contributed by atoms with van der Waals surface area (Å²) in [4.78, 5) is 2.47. The summed E-state index contributed by atoms with van der Waals surface area (Å²) < 4.78 is 20.3. The van der Waals surface area contributed by atoms with Crippen LogP contribution in [0.3, 0.4) is 0 Å². The fourth-order valence-electron chi connectivity index (χ4n) is 5.50. The van der Waals surface area contributed by atoms with Crippen molar-refractivity contribution in [1.82, 2.24) is 20.4 Å². The lowest BCUT2D eigenvalue weighted by Crippen LogP contribution is -2.40. The Morgan fingerprint density at radius 3 is 2.56 bits per heavy atom. The molecule has 2 atom stereocenters. The normalized spacial score (nSPS) is 22.2. The highest BCUT2D eigenvalue weighted by Gasteiger charge is 2.39. The second-order valence-corrected chi connectivity index (χ2v) is 10.5. The molecule has 0 amide bonds. The van der Waals surface area contributed by atoms with E-state index in [1.54, 1.807) is 12.1 Å². The van der Waals surface area contributed by atoms with E-state index in [9.17, 15) is 5.11 Å². The molecular formula is C28H34FN5O2. The number of aromatic hydroxyl groups is 1. The highest BCUT2D eigenvalue weighted by atomic mass is 19.1. The van der Waals surface area contributed by atoms with Crippen molar-refractivity contribution < 1.29 is 14.2 Å². The fraction of sp³-hybridized carbons (Fsp3) is 0.500. The van der Waals surface area contributed by atoms with Crippen molar-refractivity contribution in [2.75, 3.05) is 12.0 Å². The molecule has 8 heteroatoms. The molecule has 36 heavy (non-hydrogen) atoms. The van der Waals surface area contributed by atoms with Crippen molar-refractivity contribution in [3.63, 3.8) is 0 Å². The van der Waals surface area contributed by atoms with Gasteiger partial charge in [-0.05, 0) is 67.3 Å². The first-order valence-corrected chi connectivity index (χ1v) is 12.9. The number of hydrogen-bond donors (Lipinski definition) is 1. The lowest BCUT2D eigenvalue weighted by molar-refractivity contribution is 0.249. The van der Waals surface area contributed by atoms with Crippen LogP contribution in [0, 0.1) is 11.2 Å². The molecule has 2 heterocycles. The van der Waals surface area contributed by atoms with E-state index < -0.39 is 5.82 Å². The van der Waals surface area contributed by atoms with Crippen LogP contribution in [0.4, 0.5) is 10.2 Å². The first-order chi connectivity index (χ1) is 17.4. The largest absolute Gasteiger partial charge is 0.507 e. The summed E-state index contributed by atoms with van der Waals surface area (Å²) in [5, 5.41) is 27.3. The van der Waals surface area contributed by atoms with Crippen molar-refractivity contribution in [1.29, 1.82) is 0 Å². The van der Waals surface area contributed by atoms with Crippen molar-refractivity contribution in [3.05, 3.63) is 42.3 Å². The zero-order chi connectivity index (χ0) is 25.3. The van der Waals surface area contributed by atoms with Crippen LogP contribution in [0.1, 0.15) is 65.2 Å². The summed E-state index contributed by atoms with van der Waals surface area (Å²) in [6, 6.07) is 9.14. The predicted molar refractivity (Wildman–Crippen MR) is 137 cm³/mol. The molecule has 5 rings (SSSR count). The lowest BCUT2D eigenvalue weighted by Gasteiger charge is -2.37. The van der Waals surface area contributed by atoms with Gasteiger partial charge in [-0.15, -0.1) is 15.3 Å². The first kappa shape index (κ1) is 24.4.